The van der Waals surface area contributed by atoms with Crippen LogP contribution in [0.2, 0.25) is 0 Å². The van der Waals surface area contributed by atoms with E-state index in [1.807, 2.05) is 45.9 Å². The van der Waals surface area contributed by atoms with Gasteiger partial charge in [-0.3, -0.25) is 24.2 Å². The molecule has 0 saturated carbocycles. The molecule has 202 valence electrons. The summed E-state index contributed by atoms with van der Waals surface area (Å²) in [6.45, 7) is 13.2. The Morgan fingerprint density at radius 1 is 0.658 bits per heavy atom. The van der Waals surface area contributed by atoms with Gasteiger partial charge in [-0.05, 0) is 63.8 Å². The molecule has 0 N–H and O–H groups in total. The second kappa shape index (κ2) is 10.5. The number of aryl methyl sites for hydroxylation is 2. The lowest BCUT2D eigenvalue weighted by molar-refractivity contribution is -0.00443. The lowest BCUT2D eigenvalue weighted by atomic mass is 9.87. The van der Waals surface area contributed by atoms with Crippen LogP contribution in [0.5, 0.6) is 0 Å². The predicted octanol–water partition coefficient (Wildman–Crippen LogP) is 3.60. The van der Waals surface area contributed by atoms with Crippen LogP contribution in [0.3, 0.4) is 0 Å². The van der Waals surface area contributed by atoms with E-state index in [9.17, 15) is 14.4 Å². The van der Waals surface area contributed by atoms with E-state index in [0.717, 1.165) is 24.2 Å². The van der Waals surface area contributed by atoms with E-state index in [1.54, 1.807) is 18.2 Å². The fourth-order valence-electron chi connectivity index (χ4n) is 5.96. The van der Waals surface area contributed by atoms with Crippen molar-refractivity contribution in [3.8, 4) is 0 Å². The largest absolute Gasteiger partial charge is 0.379 e. The van der Waals surface area contributed by atoms with Crippen LogP contribution >= 0.6 is 0 Å². The quantitative estimate of drug-likeness (QED) is 0.541. The molecule has 1 aliphatic carbocycles. The molecule has 0 atom stereocenters. The third-order valence-electron chi connectivity index (χ3n) is 8.61. The van der Waals surface area contributed by atoms with E-state index in [0.29, 0.717) is 74.6 Å². The van der Waals surface area contributed by atoms with Crippen molar-refractivity contribution in [3.05, 3.63) is 69.8 Å². The molecule has 0 bridgehead atoms. The van der Waals surface area contributed by atoms with Crippen molar-refractivity contribution in [2.24, 2.45) is 0 Å². The van der Waals surface area contributed by atoms with Crippen LogP contribution in [-0.2, 0) is 22.3 Å². The van der Waals surface area contributed by atoms with Crippen LogP contribution in [0, 0.1) is 0 Å². The maximum Gasteiger partial charge on any atom is 0.193 e. The monoisotopic (exact) mass is 518 g/mol. The molecule has 2 saturated heterocycles. The third kappa shape index (κ3) is 4.89. The molecule has 7 nitrogen and oxygen atoms in total. The molecule has 2 fully saturated rings. The maximum atomic E-state index is 13.7. The van der Waals surface area contributed by atoms with Gasteiger partial charge in [-0.2, -0.15) is 0 Å². The van der Waals surface area contributed by atoms with Crippen molar-refractivity contribution in [2.75, 3.05) is 52.6 Å². The fourth-order valence-corrected chi connectivity index (χ4v) is 5.96. The molecule has 0 spiro atoms. The Kier molecular flexibility index (Phi) is 7.40. The van der Waals surface area contributed by atoms with Crippen LogP contribution in [0.15, 0.2) is 36.4 Å². The lowest BCUT2D eigenvalue weighted by Crippen LogP contribution is -2.54. The summed E-state index contributed by atoms with van der Waals surface area (Å²) in [5, 5.41) is 0. The first-order chi connectivity index (χ1) is 18.1. The van der Waals surface area contributed by atoms with Gasteiger partial charge in [0.1, 0.15) is 0 Å². The number of morpholine rings is 2. The van der Waals surface area contributed by atoms with Crippen LogP contribution in [-0.4, -0.2) is 90.8 Å². The number of ether oxygens (including phenoxy) is 2. The number of hydrogen-bond donors (Lipinski definition) is 0. The average molecular weight is 519 g/mol. The Morgan fingerprint density at radius 3 is 1.68 bits per heavy atom. The molecule has 2 aromatic rings. The number of ketones is 3. The molecular formula is C31H38N2O5. The molecule has 2 aromatic carbocycles. The number of Topliss-reactive ketones (excluding diaryl/α,β-unsaturated/α-hetero) is 2. The minimum atomic E-state index is -0.688. The van der Waals surface area contributed by atoms with Gasteiger partial charge in [0.25, 0.3) is 0 Å². The molecule has 0 radical (unpaired) electrons. The Morgan fingerprint density at radius 2 is 1.13 bits per heavy atom. The summed E-state index contributed by atoms with van der Waals surface area (Å²) >= 11 is 0. The zero-order valence-electron chi connectivity index (χ0n) is 23.0. The van der Waals surface area contributed by atoms with E-state index in [1.165, 1.54) is 0 Å². The molecule has 7 heteroatoms. The van der Waals surface area contributed by atoms with Crippen LogP contribution in [0.4, 0.5) is 0 Å². The summed E-state index contributed by atoms with van der Waals surface area (Å²) in [5.41, 5.74) is 2.86. The number of rotatable bonds is 6. The molecule has 2 aliphatic heterocycles. The SMILES string of the molecule is CC(C)(C(=O)c1ccc2c(c1)CCc1ccc(C(=O)C(C)(C)N3CCOCC3)cc1C2=O)N1CCOCC1. The Bertz CT molecular complexity index is 1250. The van der Waals surface area contributed by atoms with Crippen molar-refractivity contribution in [3.63, 3.8) is 0 Å². The van der Waals surface area contributed by atoms with Gasteiger partial charge in [-0.25, -0.2) is 0 Å². The Labute approximate surface area is 225 Å². The van der Waals surface area contributed by atoms with E-state index in [4.69, 9.17) is 9.47 Å². The van der Waals surface area contributed by atoms with Crippen molar-refractivity contribution in [1.29, 1.82) is 0 Å². The van der Waals surface area contributed by atoms with Crippen LogP contribution in [0.25, 0.3) is 0 Å². The molecule has 2 heterocycles. The lowest BCUT2D eigenvalue weighted by Gasteiger charge is -2.39. The van der Waals surface area contributed by atoms with Gasteiger partial charge in [0.15, 0.2) is 17.3 Å². The first kappa shape index (κ1) is 26.9. The summed E-state index contributed by atoms with van der Waals surface area (Å²) in [6.07, 6.45) is 1.35. The maximum absolute atomic E-state index is 13.7. The summed E-state index contributed by atoms with van der Waals surface area (Å²) in [5.74, 6) is -0.0295. The highest BCUT2D eigenvalue weighted by atomic mass is 16.5. The third-order valence-corrected chi connectivity index (χ3v) is 8.61. The van der Waals surface area contributed by atoms with Crippen LogP contribution < -0.4 is 0 Å². The second-order valence-electron chi connectivity index (χ2n) is 11.5. The predicted molar refractivity (Wildman–Crippen MR) is 145 cm³/mol. The number of carbonyl (C=O) groups excluding carboxylic acids is 3. The highest BCUT2D eigenvalue weighted by molar-refractivity contribution is 6.14. The van der Waals surface area contributed by atoms with E-state index in [2.05, 4.69) is 9.80 Å². The summed E-state index contributed by atoms with van der Waals surface area (Å²) in [4.78, 5) is 45.2. The number of fused-ring (bicyclic) bond motifs is 2. The van der Waals surface area contributed by atoms with E-state index >= 15 is 0 Å². The normalized spacial score (nSPS) is 19.4. The van der Waals surface area contributed by atoms with Gasteiger partial charge in [-0.15, -0.1) is 0 Å². The number of nitrogens with zero attached hydrogens (tertiary/aromatic N) is 2. The summed E-state index contributed by atoms with van der Waals surface area (Å²) in [6, 6.07) is 11.0. The highest BCUT2D eigenvalue weighted by Crippen LogP contribution is 2.30. The standard InChI is InChI=1S/C31H38N2O5/c1-30(2,32-11-15-37-16-12-32)28(35)23-9-10-25-22(19-23)7-5-21-6-8-24(20-26(21)27(25)34)29(36)31(3,4)33-13-17-38-18-14-33/h6,8-10,19-20H,5,7,11-18H2,1-4H3. The van der Waals surface area contributed by atoms with Crippen molar-refractivity contribution >= 4 is 17.3 Å². The molecular weight excluding hydrogens is 480 g/mol. The first-order valence-corrected chi connectivity index (χ1v) is 13.7. The highest BCUT2D eigenvalue weighted by Gasteiger charge is 2.38. The van der Waals surface area contributed by atoms with Gasteiger partial charge in [0.05, 0.1) is 37.5 Å². The average Bonchev–Trinajstić information content (AvgIpc) is 3.08. The first-order valence-electron chi connectivity index (χ1n) is 13.7. The topological polar surface area (TPSA) is 76.2 Å². The molecule has 0 amide bonds. The van der Waals surface area contributed by atoms with Crippen molar-refractivity contribution < 1.29 is 23.9 Å². The van der Waals surface area contributed by atoms with Crippen molar-refractivity contribution in [1.82, 2.24) is 9.80 Å². The van der Waals surface area contributed by atoms with Gasteiger partial charge >= 0.3 is 0 Å². The molecule has 0 aromatic heterocycles. The summed E-state index contributed by atoms with van der Waals surface area (Å²) in [7, 11) is 0. The van der Waals surface area contributed by atoms with Gasteiger partial charge in [0, 0.05) is 48.4 Å². The molecule has 5 rings (SSSR count). The van der Waals surface area contributed by atoms with Crippen LogP contribution in [0.1, 0.15) is 75.5 Å². The van der Waals surface area contributed by atoms with Crippen molar-refractivity contribution in [2.45, 2.75) is 51.6 Å². The molecule has 38 heavy (non-hydrogen) atoms. The Balaban J connectivity index is 1.41. The molecule has 0 unspecified atom stereocenters. The Hall–Kier alpha value is -2.71. The number of benzene rings is 2. The zero-order chi connectivity index (χ0) is 27.1. The summed E-state index contributed by atoms with van der Waals surface area (Å²) < 4.78 is 10.9. The number of carbonyl (C=O) groups is 3. The zero-order valence-corrected chi connectivity index (χ0v) is 23.0. The number of hydrogen-bond acceptors (Lipinski definition) is 7. The second-order valence-corrected chi connectivity index (χ2v) is 11.5. The minimum absolute atomic E-state index is 0.00533. The van der Waals surface area contributed by atoms with Gasteiger partial charge < -0.3 is 9.47 Å². The fraction of sp³-hybridized carbons (Fsp3) is 0.516. The van der Waals surface area contributed by atoms with Gasteiger partial charge in [-0.1, -0.05) is 24.3 Å². The van der Waals surface area contributed by atoms with E-state index in [-0.39, 0.29) is 17.3 Å². The minimum Gasteiger partial charge on any atom is -0.379 e. The van der Waals surface area contributed by atoms with Gasteiger partial charge in [0.2, 0.25) is 0 Å². The molecule has 3 aliphatic rings. The smallest absolute Gasteiger partial charge is 0.193 e. The van der Waals surface area contributed by atoms with E-state index < -0.39 is 11.1 Å².